The van der Waals surface area contributed by atoms with Gasteiger partial charge in [0.1, 0.15) is 5.01 Å². The van der Waals surface area contributed by atoms with Gasteiger partial charge in [0, 0.05) is 38.7 Å². The number of hydrogen-bond acceptors (Lipinski definition) is 6. The fourth-order valence-electron chi connectivity index (χ4n) is 4.35. The van der Waals surface area contributed by atoms with Gasteiger partial charge in [-0.2, -0.15) is 9.61 Å². The highest BCUT2D eigenvalue weighted by molar-refractivity contribution is 7.16. The maximum absolute atomic E-state index is 12.3. The van der Waals surface area contributed by atoms with Crippen molar-refractivity contribution in [2.45, 2.75) is 45.2 Å². The van der Waals surface area contributed by atoms with E-state index in [2.05, 4.69) is 22.0 Å². The molecule has 1 aliphatic carbocycles. The van der Waals surface area contributed by atoms with Crippen LogP contribution < -0.4 is 5.56 Å². The fraction of sp³-hybridized carbons (Fsp3) is 0.667. The van der Waals surface area contributed by atoms with E-state index < -0.39 is 0 Å². The van der Waals surface area contributed by atoms with Gasteiger partial charge in [-0.3, -0.25) is 14.5 Å². The van der Waals surface area contributed by atoms with Crippen molar-refractivity contribution in [3.8, 4) is 0 Å². The Morgan fingerprint density at radius 2 is 2.08 bits per heavy atom. The molecule has 0 aromatic carbocycles. The highest BCUT2D eigenvalue weighted by Gasteiger charge is 2.41. The van der Waals surface area contributed by atoms with Crippen molar-refractivity contribution in [1.82, 2.24) is 24.4 Å². The van der Waals surface area contributed by atoms with E-state index in [9.17, 15) is 9.59 Å². The summed E-state index contributed by atoms with van der Waals surface area (Å²) >= 11 is 1.48. The zero-order valence-corrected chi connectivity index (χ0v) is 16.3. The molecule has 140 valence electrons. The van der Waals surface area contributed by atoms with E-state index in [0.717, 1.165) is 36.5 Å². The van der Waals surface area contributed by atoms with Crippen LogP contribution in [0.3, 0.4) is 0 Å². The lowest BCUT2D eigenvalue weighted by Gasteiger charge is -2.31. The first-order chi connectivity index (χ1) is 12.4. The van der Waals surface area contributed by atoms with E-state index in [0.29, 0.717) is 35.8 Å². The molecule has 1 aliphatic heterocycles. The molecule has 7 nitrogen and oxygen atoms in total. The van der Waals surface area contributed by atoms with Crippen molar-refractivity contribution in [2.24, 2.45) is 11.8 Å². The highest BCUT2D eigenvalue weighted by Crippen LogP contribution is 2.40. The number of aryl methyl sites for hydroxylation is 1. The Morgan fingerprint density at radius 3 is 2.85 bits per heavy atom. The molecule has 3 heterocycles. The van der Waals surface area contributed by atoms with Crippen LogP contribution in [0.1, 0.15) is 36.9 Å². The van der Waals surface area contributed by atoms with Crippen molar-refractivity contribution in [3.05, 3.63) is 27.1 Å². The minimum absolute atomic E-state index is 0.110. The smallest absolute Gasteiger partial charge is 0.275 e. The minimum Gasteiger partial charge on any atom is -0.345 e. The van der Waals surface area contributed by atoms with Gasteiger partial charge < -0.3 is 4.90 Å². The van der Waals surface area contributed by atoms with E-state index in [1.165, 1.54) is 15.9 Å². The van der Waals surface area contributed by atoms with Crippen LogP contribution in [0.15, 0.2) is 10.9 Å². The van der Waals surface area contributed by atoms with Crippen LogP contribution in [0.2, 0.25) is 0 Å². The molecule has 4 rings (SSSR count). The Bertz CT molecular complexity index is 891. The number of fused-ring (bicyclic) bond motifs is 2. The van der Waals surface area contributed by atoms with E-state index in [4.69, 9.17) is 0 Å². The summed E-state index contributed by atoms with van der Waals surface area (Å²) in [6.07, 6.45) is 3.65. The Morgan fingerprint density at radius 1 is 1.31 bits per heavy atom. The lowest BCUT2D eigenvalue weighted by molar-refractivity contribution is -0.134. The number of aromatic nitrogens is 3. The average Bonchev–Trinajstić information content (AvgIpc) is 3.19. The summed E-state index contributed by atoms with van der Waals surface area (Å²) in [4.78, 5) is 33.7. The van der Waals surface area contributed by atoms with Gasteiger partial charge in [0.25, 0.3) is 5.56 Å². The third-order valence-electron chi connectivity index (χ3n) is 5.86. The van der Waals surface area contributed by atoms with Gasteiger partial charge in [-0.05, 0) is 38.1 Å². The zero-order chi connectivity index (χ0) is 18.4. The van der Waals surface area contributed by atoms with Gasteiger partial charge in [-0.1, -0.05) is 18.3 Å². The largest absolute Gasteiger partial charge is 0.345 e. The molecule has 0 N–H and O–H groups in total. The fourth-order valence-corrected chi connectivity index (χ4v) is 5.21. The number of carbonyl (C=O) groups excluding carboxylic acids is 1. The second-order valence-electron chi connectivity index (χ2n) is 7.67. The van der Waals surface area contributed by atoms with Crippen LogP contribution in [0.5, 0.6) is 0 Å². The summed E-state index contributed by atoms with van der Waals surface area (Å²) in [6.45, 7) is 3.55. The molecular formula is C18H25N5O2S. The second-order valence-corrected chi connectivity index (χ2v) is 8.71. The Balaban J connectivity index is 1.48. The molecule has 26 heavy (non-hydrogen) atoms. The summed E-state index contributed by atoms with van der Waals surface area (Å²) < 4.78 is 1.40. The van der Waals surface area contributed by atoms with Gasteiger partial charge in [0.15, 0.2) is 0 Å². The van der Waals surface area contributed by atoms with E-state index >= 15 is 0 Å². The molecule has 1 amide bonds. The minimum atomic E-state index is -0.110. The molecule has 2 aliphatic rings. The summed E-state index contributed by atoms with van der Waals surface area (Å²) in [5, 5.41) is 5.23. The van der Waals surface area contributed by atoms with Gasteiger partial charge in [-0.25, -0.2) is 4.98 Å². The number of piperidine rings is 1. The maximum atomic E-state index is 12.3. The second kappa shape index (κ2) is 6.74. The summed E-state index contributed by atoms with van der Waals surface area (Å²) in [7, 11) is 4.00. The van der Waals surface area contributed by atoms with Crippen LogP contribution >= 0.6 is 11.3 Å². The Kier molecular flexibility index (Phi) is 4.56. The van der Waals surface area contributed by atoms with Gasteiger partial charge in [-0.15, -0.1) is 0 Å². The molecule has 1 saturated heterocycles. The number of carbonyl (C=O) groups is 1. The molecule has 1 unspecified atom stereocenters. The van der Waals surface area contributed by atoms with Crippen molar-refractivity contribution >= 4 is 22.2 Å². The molecule has 0 radical (unpaired) electrons. The normalized spacial score (nSPS) is 26.1. The van der Waals surface area contributed by atoms with E-state index in [-0.39, 0.29) is 11.5 Å². The van der Waals surface area contributed by atoms with Gasteiger partial charge in [0.2, 0.25) is 10.9 Å². The third kappa shape index (κ3) is 3.16. The molecule has 0 bridgehead atoms. The van der Waals surface area contributed by atoms with Crippen LogP contribution in [0.4, 0.5) is 0 Å². The van der Waals surface area contributed by atoms with Crippen LogP contribution in [-0.2, 0) is 17.8 Å². The van der Waals surface area contributed by atoms with Crippen molar-refractivity contribution in [3.63, 3.8) is 0 Å². The summed E-state index contributed by atoms with van der Waals surface area (Å²) in [5.41, 5.74) is 0.688. The predicted molar refractivity (Wildman–Crippen MR) is 100 cm³/mol. The number of amides is 1. The van der Waals surface area contributed by atoms with Crippen molar-refractivity contribution in [1.29, 1.82) is 0 Å². The van der Waals surface area contributed by atoms with Crippen LogP contribution in [0, 0.1) is 11.8 Å². The SMILES string of the molecule is CCc1nn2c(=O)cc(CN(C)C3C[C@H]4CC(=O)N(C)C[C@@H]4C3)nc2s1. The Hall–Kier alpha value is -1.80. The van der Waals surface area contributed by atoms with Crippen molar-refractivity contribution < 1.29 is 4.79 Å². The lowest BCUT2D eigenvalue weighted by atomic mass is 9.88. The molecule has 8 heteroatoms. The molecule has 2 fully saturated rings. The van der Waals surface area contributed by atoms with Crippen LogP contribution in [-0.4, -0.2) is 57.0 Å². The van der Waals surface area contributed by atoms with Crippen LogP contribution in [0.25, 0.3) is 4.96 Å². The number of nitrogens with zero attached hydrogens (tertiary/aromatic N) is 5. The third-order valence-corrected chi connectivity index (χ3v) is 6.92. The molecule has 3 atom stereocenters. The van der Waals surface area contributed by atoms with Gasteiger partial charge >= 0.3 is 0 Å². The highest BCUT2D eigenvalue weighted by atomic mass is 32.1. The zero-order valence-electron chi connectivity index (χ0n) is 15.5. The molecule has 2 aromatic heterocycles. The quantitative estimate of drug-likeness (QED) is 0.808. The van der Waals surface area contributed by atoms with Gasteiger partial charge in [0.05, 0.1) is 5.69 Å². The van der Waals surface area contributed by atoms with E-state index in [1.54, 1.807) is 6.07 Å². The predicted octanol–water partition coefficient (Wildman–Crippen LogP) is 1.40. The Labute approximate surface area is 156 Å². The molecular weight excluding hydrogens is 350 g/mol. The first kappa shape index (κ1) is 17.6. The van der Waals surface area contributed by atoms with E-state index in [1.807, 2.05) is 18.9 Å². The molecule has 1 saturated carbocycles. The molecule has 0 spiro atoms. The number of likely N-dealkylation sites (tertiary alicyclic amines) is 1. The standard InChI is InChI=1S/C18H25N5O2S/c1-4-15-20-23-17(25)8-13(19-18(23)26-15)10-21(2)14-5-11-7-16(24)22(3)9-12(11)6-14/h8,11-12,14H,4-7,9-10H2,1-3H3/t11-,12-,14?/m0/s1. The number of hydrogen-bond donors (Lipinski definition) is 0. The molecule has 2 aromatic rings. The monoisotopic (exact) mass is 375 g/mol. The first-order valence-corrected chi connectivity index (χ1v) is 10.1. The first-order valence-electron chi connectivity index (χ1n) is 9.27. The summed E-state index contributed by atoms with van der Waals surface area (Å²) in [6, 6.07) is 2.04. The maximum Gasteiger partial charge on any atom is 0.275 e. The summed E-state index contributed by atoms with van der Waals surface area (Å²) in [5.74, 6) is 1.37. The lowest BCUT2D eigenvalue weighted by Crippen LogP contribution is -2.39. The number of rotatable bonds is 4. The topological polar surface area (TPSA) is 70.8 Å². The van der Waals surface area contributed by atoms with Crippen molar-refractivity contribution in [2.75, 3.05) is 20.6 Å². The average molecular weight is 375 g/mol.